The van der Waals surface area contributed by atoms with E-state index in [1.807, 2.05) is 25.7 Å². The van der Waals surface area contributed by atoms with Crippen molar-refractivity contribution in [3.63, 3.8) is 0 Å². The molecule has 3 heterocycles. The second kappa shape index (κ2) is 19.9. The van der Waals surface area contributed by atoms with Gasteiger partial charge in [0.1, 0.15) is 11.7 Å². The zero-order valence-electron chi connectivity index (χ0n) is 32.7. The van der Waals surface area contributed by atoms with Crippen molar-refractivity contribution in [2.45, 2.75) is 135 Å². The van der Waals surface area contributed by atoms with Crippen LogP contribution in [0.4, 0.5) is 4.79 Å². The first kappa shape index (κ1) is 44.1. The number of aliphatic hydroxyl groups excluding tert-OH is 2. The Morgan fingerprint density at radius 2 is 1.83 bits per heavy atom. The lowest BCUT2D eigenvalue weighted by Gasteiger charge is -2.38. The number of cyclic esters (lactones) is 1. The van der Waals surface area contributed by atoms with Gasteiger partial charge in [0, 0.05) is 51.4 Å². The summed E-state index contributed by atoms with van der Waals surface area (Å²) in [5.41, 5.74) is -1.91. The molecule has 14 nitrogen and oxygen atoms in total. The Labute approximate surface area is 314 Å². The molecule has 0 saturated carbocycles. The maximum Gasteiger partial charge on any atom is 0.410 e. The van der Waals surface area contributed by atoms with Gasteiger partial charge in [0.05, 0.1) is 49.6 Å². The largest absolute Gasteiger partial charge is 0.465 e. The average Bonchev–Trinajstić information content (AvgIpc) is 3.84. The number of allylic oxidation sites excluding steroid dienone is 2. The van der Waals surface area contributed by atoms with E-state index in [9.17, 15) is 34.5 Å². The molecular weight excluding hydrogens is 688 g/mol. The Hall–Kier alpha value is -3.30. The predicted molar refractivity (Wildman–Crippen MR) is 195 cm³/mol. The molecule has 53 heavy (non-hydrogen) atoms. The number of amides is 1. The Bertz CT molecular complexity index is 1340. The summed E-state index contributed by atoms with van der Waals surface area (Å²) in [6.45, 7) is 15.7. The molecule has 0 aromatic rings. The molecule has 1 amide bonds. The fourth-order valence-electron chi connectivity index (χ4n) is 6.89. The van der Waals surface area contributed by atoms with E-state index in [1.54, 1.807) is 58.1 Å². The van der Waals surface area contributed by atoms with Gasteiger partial charge in [-0.3, -0.25) is 19.3 Å². The number of hydrogen-bond acceptors (Lipinski definition) is 13. The number of ether oxygens (including phenoxy) is 5. The number of carbonyl (C=O) groups excluding carboxylic acids is 4. The average molecular weight is 751 g/mol. The summed E-state index contributed by atoms with van der Waals surface area (Å²) >= 11 is 0. The van der Waals surface area contributed by atoms with Crippen molar-refractivity contribution in [2.24, 2.45) is 11.8 Å². The van der Waals surface area contributed by atoms with Crippen LogP contribution in [0, 0.1) is 11.8 Å². The van der Waals surface area contributed by atoms with Crippen molar-refractivity contribution >= 4 is 24.0 Å². The van der Waals surface area contributed by atoms with Crippen molar-refractivity contribution < 1.29 is 58.2 Å². The van der Waals surface area contributed by atoms with Gasteiger partial charge in [-0.15, -0.1) is 0 Å². The number of epoxide rings is 1. The molecule has 3 aliphatic heterocycles. The van der Waals surface area contributed by atoms with Gasteiger partial charge in [-0.1, -0.05) is 45.1 Å². The van der Waals surface area contributed by atoms with Gasteiger partial charge in [-0.05, 0) is 58.6 Å². The summed E-state index contributed by atoms with van der Waals surface area (Å²) < 4.78 is 28.5. The van der Waals surface area contributed by atoms with E-state index in [-0.39, 0.29) is 49.9 Å². The van der Waals surface area contributed by atoms with Crippen LogP contribution in [-0.4, -0.2) is 136 Å². The van der Waals surface area contributed by atoms with Gasteiger partial charge in [-0.25, -0.2) is 4.79 Å². The lowest BCUT2D eigenvalue weighted by Crippen LogP contribution is -2.52. The minimum absolute atomic E-state index is 0.0365. The summed E-state index contributed by atoms with van der Waals surface area (Å²) in [4.78, 5) is 54.2. The third kappa shape index (κ3) is 13.8. The normalized spacial score (nSPS) is 31.9. The van der Waals surface area contributed by atoms with Crippen LogP contribution in [-0.2, 0) is 38.1 Å². The molecule has 1 unspecified atom stereocenters. The number of piperazine rings is 1. The van der Waals surface area contributed by atoms with E-state index in [1.165, 1.54) is 11.8 Å². The monoisotopic (exact) mass is 750 g/mol. The second-order valence-corrected chi connectivity index (χ2v) is 15.1. The van der Waals surface area contributed by atoms with E-state index in [0.29, 0.717) is 51.2 Å². The van der Waals surface area contributed by atoms with Crippen LogP contribution in [0.2, 0.25) is 0 Å². The highest BCUT2D eigenvalue weighted by Gasteiger charge is 2.47. The molecule has 0 aromatic carbocycles. The predicted octanol–water partition coefficient (Wildman–Crippen LogP) is 3.46. The fourth-order valence-corrected chi connectivity index (χ4v) is 6.89. The molecule has 3 N–H and O–H groups in total. The molecule has 0 bridgehead atoms. The van der Waals surface area contributed by atoms with Crippen LogP contribution in [0.5, 0.6) is 0 Å². The molecule has 0 aromatic heterocycles. The SMILES string of the molecule is CCOC(=O)CN1CCN(C(=O)O[C@H]2/C=C/[C@H](C)[C@@H](/C(C)=C/C=C/C(C)(O)C[C@H]3O[C@@H]3[C@H](C)[C@@H](O)CC)OC(=O)C[C@H](O)CC[C@@]2(C)OC(C)=O)CC1. The van der Waals surface area contributed by atoms with Crippen LogP contribution >= 0.6 is 0 Å². The molecule has 2 fully saturated rings. The summed E-state index contributed by atoms with van der Waals surface area (Å²) in [5.74, 6) is -2.03. The first-order valence-corrected chi connectivity index (χ1v) is 18.9. The number of esters is 3. The molecular formula is C39H62N2O12. The first-order valence-electron chi connectivity index (χ1n) is 18.9. The number of carbonyl (C=O) groups is 4. The minimum Gasteiger partial charge on any atom is -0.465 e. The Balaban J connectivity index is 1.80. The topological polar surface area (TPSA) is 185 Å². The van der Waals surface area contributed by atoms with Gasteiger partial charge < -0.3 is 43.9 Å². The Kier molecular flexibility index (Phi) is 16.5. The maximum absolute atomic E-state index is 13.5. The van der Waals surface area contributed by atoms with Crippen molar-refractivity contribution in [1.82, 2.24) is 9.80 Å². The lowest BCUT2D eigenvalue weighted by molar-refractivity contribution is -0.168. The van der Waals surface area contributed by atoms with Crippen LogP contribution in [0.25, 0.3) is 0 Å². The summed E-state index contributed by atoms with van der Waals surface area (Å²) in [5, 5.41) is 32.1. The van der Waals surface area contributed by atoms with E-state index < -0.39 is 59.6 Å². The van der Waals surface area contributed by atoms with Crippen molar-refractivity contribution in [1.29, 1.82) is 0 Å². The van der Waals surface area contributed by atoms with E-state index >= 15 is 0 Å². The maximum atomic E-state index is 13.5. The number of hydrogen-bond donors (Lipinski definition) is 3. The summed E-state index contributed by atoms with van der Waals surface area (Å²) in [6.07, 6.45) is 4.97. The fraction of sp³-hybridized carbons (Fsp3) is 0.744. The highest BCUT2D eigenvalue weighted by molar-refractivity contribution is 5.72. The van der Waals surface area contributed by atoms with Crippen molar-refractivity contribution in [2.75, 3.05) is 39.3 Å². The smallest absolute Gasteiger partial charge is 0.410 e. The minimum atomic E-state index is -1.38. The van der Waals surface area contributed by atoms with Gasteiger partial charge in [-0.2, -0.15) is 0 Å². The molecule has 3 rings (SSSR count). The highest BCUT2D eigenvalue weighted by Crippen LogP contribution is 2.38. The van der Waals surface area contributed by atoms with Gasteiger partial charge in [0.25, 0.3) is 0 Å². The molecule has 0 radical (unpaired) electrons. The Morgan fingerprint density at radius 3 is 2.45 bits per heavy atom. The molecule has 0 aliphatic carbocycles. The second-order valence-electron chi connectivity index (χ2n) is 15.1. The third-order valence-corrected chi connectivity index (χ3v) is 10.2. The van der Waals surface area contributed by atoms with Crippen molar-refractivity contribution in [3.05, 3.63) is 36.0 Å². The number of rotatable bonds is 13. The Morgan fingerprint density at radius 1 is 1.15 bits per heavy atom. The molecule has 14 heteroatoms. The first-order chi connectivity index (χ1) is 24.9. The molecule has 10 atom stereocenters. The number of nitrogens with zero attached hydrogens (tertiary/aromatic N) is 2. The molecule has 300 valence electrons. The standard InChI is InChI=1S/C39H62N2O12/c1-9-30(44)27(5)36-31(50-36)23-38(7,48)16-11-12-25(3)35-26(4)13-14-32(39(8,53-28(6)42)17-15-29(43)22-33(45)52-35)51-37(47)41-20-18-40(19-21-41)24-34(46)49-10-2/h11-14,16,26-27,29-32,35-36,43-44,48H,9-10,15,17-24H2,1-8H3/b14-13+,16-11+,25-12+/t26-,27+,29+,30-,31+,32-,35+,36+,38?,39+/m0/s1. The van der Waals surface area contributed by atoms with Crippen molar-refractivity contribution in [3.8, 4) is 0 Å². The van der Waals surface area contributed by atoms with Crippen LogP contribution in [0.1, 0.15) is 87.5 Å². The van der Waals surface area contributed by atoms with Crippen LogP contribution in [0.3, 0.4) is 0 Å². The van der Waals surface area contributed by atoms with Gasteiger partial charge >= 0.3 is 24.0 Å². The third-order valence-electron chi connectivity index (χ3n) is 10.2. The van der Waals surface area contributed by atoms with E-state index in [0.717, 1.165) is 0 Å². The van der Waals surface area contributed by atoms with Gasteiger partial charge in [0.15, 0.2) is 6.10 Å². The van der Waals surface area contributed by atoms with Crippen LogP contribution in [0.15, 0.2) is 36.0 Å². The zero-order chi connectivity index (χ0) is 39.5. The van der Waals surface area contributed by atoms with E-state index in [2.05, 4.69) is 0 Å². The quantitative estimate of drug-likeness (QED) is 0.0819. The van der Waals surface area contributed by atoms with Gasteiger partial charge in [0.2, 0.25) is 0 Å². The van der Waals surface area contributed by atoms with Crippen LogP contribution < -0.4 is 0 Å². The summed E-state index contributed by atoms with van der Waals surface area (Å²) in [7, 11) is 0. The molecule has 0 spiro atoms. The lowest BCUT2D eigenvalue weighted by atomic mass is 9.88. The molecule has 3 aliphatic rings. The van der Waals surface area contributed by atoms with E-state index in [4.69, 9.17) is 23.7 Å². The number of aliphatic hydroxyl groups is 3. The summed E-state index contributed by atoms with van der Waals surface area (Å²) in [6, 6.07) is 0. The zero-order valence-corrected chi connectivity index (χ0v) is 32.7. The molecule has 2 saturated heterocycles. The highest BCUT2D eigenvalue weighted by atomic mass is 16.6.